The SMILES string of the molecule is O=C(NCCc1ccc(F)cc1)c1ccc(CN(C(=O)N2CCN(CCCN3c4ccccc4Sc4ccc(Cl)cc43)CC2)c2ccc(F)cc2)o1. The van der Waals surface area contributed by atoms with E-state index in [-0.39, 0.29) is 30.1 Å². The highest BCUT2D eigenvalue weighted by Crippen LogP contribution is 2.48. The van der Waals surface area contributed by atoms with E-state index in [1.807, 2.05) is 17.0 Å². The van der Waals surface area contributed by atoms with Gasteiger partial charge < -0.3 is 19.5 Å². The van der Waals surface area contributed by atoms with Crippen LogP contribution in [-0.2, 0) is 13.0 Å². The van der Waals surface area contributed by atoms with Crippen LogP contribution in [0.5, 0.6) is 0 Å². The molecule has 0 saturated carbocycles. The Morgan fingerprint density at radius 3 is 2.29 bits per heavy atom. The van der Waals surface area contributed by atoms with Crippen LogP contribution in [0.3, 0.4) is 0 Å². The van der Waals surface area contributed by atoms with Crippen molar-refractivity contribution in [1.29, 1.82) is 0 Å². The molecule has 1 saturated heterocycles. The van der Waals surface area contributed by atoms with Crippen LogP contribution >= 0.6 is 23.4 Å². The van der Waals surface area contributed by atoms with Gasteiger partial charge in [0.25, 0.3) is 5.91 Å². The van der Waals surface area contributed by atoms with Gasteiger partial charge in [-0.25, -0.2) is 13.6 Å². The van der Waals surface area contributed by atoms with Crippen molar-refractivity contribution >= 4 is 52.4 Å². The van der Waals surface area contributed by atoms with Gasteiger partial charge in [-0.3, -0.25) is 14.6 Å². The first-order chi connectivity index (χ1) is 25.3. The number of halogens is 3. The summed E-state index contributed by atoms with van der Waals surface area (Å²) in [5.74, 6) is -0.565. The Bertz CT molecular complexity index is 2020. The van der Waals surface area contributed by atoms with Crippen molar-refractivity contribution in [3.05, 3.63) is 137 Å². The minimum Gasteiger partial charge on any atom is -0.454 e. The zero-order chi connectivity index (χ0) is 36.0. The molecule has 52 heavy (non-hydrogen) atoms. The van der Waals surface area contributed by atoms with E-state index in [1.54, 1.807) is 53.1 Å². The molecule has 4 aromatic carbocycles. The maximum atomic E-state index is 14.0. The third kappa shape index (κ3) is 8.44. The summed E-state index contributed by atoms with van der Waals surface area (Å²) in [6, 6.07) is 29.4. The van der Waals surface area contributed by atoms with Crippen molar-refractivity contribution in [3.63, 3.8) is 0 Å². The minimum absolute atomic E-state index is 0.0641. The summed E-state index contributed by atoms with van der Waals surface area (Å²) in [4.78, 5) is 37.3. The Balaban J connectivity index is 0.944. The zero-order valence-corrected chi connectivity index (χ0v) is 30.0. The van der Waals surface area contributed by atoms with Gasteiger partial charge in [0.1, 0.15) is 17.4 Å². The molecular weight excluding hydrogens is 704 g/mol. The lowest BCUT2D eigenvalue weighted by Gasteiger charge is -2.38. The molecule has 0 atom stereocenters. The summed E-state index contributed by atoms with van der Waals surface area (Å²) in [7, 11) is 0. The summed E-state index contributed by atoms with van der Waals surface area (Å²) in [5, 5.41) is 3.53. The zero-order valence-electron chi connectivity index (χ0n) is 28.4. The van der Waals surface area contributed by atoms with Crippen molar-refractivity contribution in [1.82, 2.24) is 15.1 Å². The summed E-state index contributed by atoms with van der Waals surface area (Å²) in [5.41, 5.74) is 3.73. The molecule has 2 aliphatic rings. The second kappa shape index (κ2) is 16.2. The molecule has 1 N–H and O–H groups in total. The van der Waals surface area contributed by atoms with Gasteiger partial charge in [0.05, 0.1) is 17.9 Å². The summed E-state index contributed by atoms with van der Waals surface area (Å²) < 4.78 is 32.9. The topological polar surface area (TPSA) is 72.3 Å². The molecule has 3 amide bonds. The van der Waals surface area contributed by atoms with E-state index in [0.717, 1.165) is 43.9 Å². The fourth-order valence-electron chi connectivity index (χ4n) is 6.52. The number of nitrogens with zero attached hydrogens (tertiary/aromatic N) is 4. The Morgan fingerprint density at radius 1 is 0.808 bits per heavy atom. The van der Waals surface area contributed by atoms with Crippen LogP contribution in [0.4, 0.5) is 30.6 Å². The van der Waals surface area contributed by atoms with Crippen LogP contribution in [0, 0.1) is 11.6 Å². The van der Waals surface area contributed by atoms with Crippen LogP contribution in [-0.4, -0.2) is 67.6 Å². The average molecular weight is 742 g/mol. The van der Waals surface area contributed by atoms with Crippen molar-refractivity contribution in [3.8, 4) is 0 Å². The summed E-state index contributed by atoms with van der Waals surface area (Å²) in [6.45, 7) is 4.65. The number of furan rings is 1. The Kier molecular flexibility index (Phi) is 11.1. The predicted octanol–water partition coefficient (Wildman–Crippen LogP) is 8.62. The number of nitrogens with one attached hydrogen (secondary N) is 1. The van der Waals surface area contributed by atoms with Gasteiger partial charge in [0.15, 0.2) is 5.76 Å². The standard InChI is InChI=1S/C40H38ClF2N5O3S/c41-29-8-17-38-35(26-29)47(34-4-1-2-5-37(34)52-38)21-3-20-45-22-24-46(25-23-45)40(50)48(32-13-11-31(43)12-14-32)27-33-15-16-36(51-33)39(49)44-19-18-28-6-9-30(42)10-7-28/h1-2,4-17,26H,3,18-25,27H2,(H,44,49). The monoisotopic (exact) mass is 741 g/mol. The van der Waals surface area contributed by atoms with Gasteiger partial charge >= 0.3 is 6.03 Å². The predicted molar refractivity (Wildman–Crippen MR) is 201 cm³/mol. The third-order valence-electron chi connectivity index (χ3n) is 9.27. The van der Waals surface area contributed by atoms with Gasteiger partial charge in [0, 0.05) is 59.8 Å². The number of carbonyl (C=O) groups excluding carboxylic acids is 2. The van der Waals surface area contributed by atoms with E-state index in [2.05, 4.69) is 45.4 Å². The number of amides is 3. The van der Waals surface area contributed by atoms with E-state index < -0.39 is 5.82 Å². The largest absolute Gasteiger partial charge is 0.454 e. The molecule has 2 aliphatic heterocycles. The molecule has 1 aromatic heterocycles. The van der Waals surface area contributed by atoms with Crippen LogP contribution in [0.1, 0.15) is 28.3 Å². The number of urea groups is 1. The molecule has 8 nitrogen and oxygen atoms in total. The van der Waals surface area contributed by atoms with Crippen molar-refractivity contribution in [2.75, 3.05) is 55.6 Å². The van der Waals surface area contributed by atoms with Gasteiger partial charge in [-0.15, -0.1) is 0 Å². The quantitative estimate of drug-likeness (QED) is 0.146. The highest BCUT2D eigenvalue weighted by atomic mass is 35.5. The van der Waals surface area contributed by atoms with Gasteiger partial charge in [-0.1, -0.05) is 47.6 Å². The first-order valence-electron chi connectivity index (χ1n) is 17.3. The second-order valence-corrected chi connectivity index (χ2v) is 14.3. The van der Waals surface area contributed by atoms with Crippen molar-refractivity contribution in [2.45, 2.75) is 29.2 Å². The van der Waals surface area contributed by atoms with E-state index in [9.17, 15) is 18.4 Å². The van der Waals surface area contributed by atoms with Gasteiger partial charge in [-0.2, -0.15) is 0 Å². The minimum atomic E-state index is -0.402. The lowest BCUT2D eigenvalue weighted by atomic mass is 10.1. The summed E-state index contributed by atoms with van der Waals surface area (Å²) in [6.07, 6.45) is 1.47. The van der Waals surface area contributed by atoms with E-state index in [1.165, 1.54) is 39.7 Å². The van der Waals surface area contributed by atoms with E-state index >= 15 is 0 Å². The lowest BCUT2D eigenvalue weighted by molar-refractivity contribution is 0.0924. The highest BCUT2D eigenvalue weighted by Gasteiger charge is 2.28. The molecule has 3 heterocycles. The number of hydrogen-bond donors (Lipinski definition) is 1. The van der Waals surface area contributed by atoms with Crippen LogP contribution in [0.15, 0.2) is 117 Å². The lowest BCUT2D eigenvalue weighted by Crippen LogP contribution is -2.53. The first kappa shape index (κ1) is 35.6. The third-order valence-corrected chi connectivity index (χ3v) is 10.6. The number of piperazine rings is 1. The average Bonchev–Trinajstić information content (AvgIpc) is 3.64. The molecule has 0 aliphatic carbocycles. The number of para-hydroxylation sites is 1. The molecule has 0 radical (unpaired) electrons. The summed E-state index contributed by atoms with van der Waals surface area (Å²) >= 11 is 8.17. The Morgan fingerprint density at radius 2 is 1.52 bits per heavy atom. The Hall–Kier alpha value is -4.84. The van der Waals surface area contributed by atoms with Crippen molar-refractivity contribution < 1.29 is 22.8 Å². The first-order valence-corrected chi connectivity index (χ1v) is 18.5. The maximum absolute atomic E-state index is 14.0. The van der Waals surface area contributed by atoms with Crippen LogP contribution in [0.25, 0.3) is 0 Å². The maximum Gasteiger partial charge on any atom is 0.324 e. The molecule has 5 aromatic rings. The fraction of sp³-hybridized carbons (Fsp3) is 0.250. The number of benzene rings is 4. The van der Waals surface area contributed by atoms with E-state index in [0.29, 0.717) is 42.5 Å². The number of rotatable bonds is 11. The van der Waals surface area contributed by atoms with Crippen LogP contribution in [0.2, 0.25) is 5.02 Å². The number of anilines is 3. The highest BCUT2D eigenvalue weighted by molar-refractivity contribution is 7.99. The molecule has 1 fully saturated rings. The number of fused-ring (bicyclic) bond motifs is 2. The van der Waals surface area contributed by atoms with Gasteiger partial charge in [-0.05, 0) is 104 Å². The molecular formula is C40H38ClF2N5O3S. The second-order valence-electron chi connectivity index (χ2n) is 12.8. The fourth-order valence-corrected chi connectivity index (χ4v) is 7.76. The molecule has 0 spiro atoms. The molecule has 0 unspecified atom stereocenters. The number of hydrogen-bond acceptors (Lipinski definition) is 6. The molecule has 12 heteroatoms. The number of carbonyl (C=O) groups is 2. The Labute approximate surface area is 310 Å². The molecule has 0 bridgehead atoms. The van der Waals surface area contributed by atoms with E-state index in [4.69, 9.17) is 16.0 Å². The normalized spacial score (nSPS) is 14.1. The van der Waals surface area contributed by atoms with Crippen LogP contribution < -0.4 is 15.1 Å². The molecule has 268 valence electrons. The van der Waals surface area contributed by atoms with Gasteiger partial charge in [0.2, 0.25) is 0 Å². The smallest absolute Gasteiger partial charge is 0.324 e. The van der Waals surface area contributed by atoms with Crippen molar-refractivity contribution in [2.24, 2.45) is 0 Å². The molecule has 7 rings (SSSR count).